The molecule has 0 bridgehead atoms. The lowest BCUT2D eigenvalue weighted by Crippen LogP contribution is -2.19. The molecule has 16 rings (SSSR count). The molecule has 3 aliphatic rings. The summed E-state index contributed by atoms with van der Waals surface area (Å²) < 4.78 is 13.5. The van der Waals surface area contributed by atoms with E-state index >= 15 is 0 Å². The van der Waals surface area contributed by atoms with Crippen LogP contribution in [0.3, 0.4) is 0 Å². The molecule has 13 aromatic rings. The van der Waals surface area contributed by atoms with E-state index in [2.05, 4.69) is 273 Å². The standard InChI is InChI=1S/C78H61NO2/c1-44-37-45(2)69(46(3)38-44)59-43-65-70(73-56-26-17-19-30-67(56)81-75(59)73)54-34-32-50(40-62(54)78(65,8)9)79(74-51(47-21-12-10-13-22-47)27-20-28-52(74)48-23-14-11-15-24-48)49-31-33-53-57-41-64-58(42-63(57)77(6,7)61(53)39-49)71-60(76(64,4)5)35-36-68-72(71)55-25-16-18-29-66(55)80-68/h10-43H,1-9H3. The SMILES string of the molecule is Cc1cc(C)c(-c2cc3c(c4c2oc2ccccc24)-c2ccc(N(c4ccc5c(c4)C(C)(C)c4cc6c(cc4-5)C(C)(C)c4ccc5oc7ccccc7c5c4-6)c4c(-c5ccccc5)cccc4-c4ccccc4)cc2C3(C)C)c(C)c1. The molecule has 0 aliphatic heterocycles. The van der Waals surface area contributed by atoms with Crippen molar-refractivity contribution in [3.8, 4) is 66.8 Å². The number of hydrogen-bond acceptors (Lipinski definition) is 3. The Morgan fingerprint density at radius 1 is 0.321 bits per heavy atom. The molecule has 0 amide bonds. The molecule has 0 radical (unpaired) electrons. The number of nitrogens with zero attached hydrogens (tertiary/aromatic N) is 1. The molecule has 390 valence electrons. The van der Waals surface area contributed by atoms with Gasteiger partial charge in [-0.15, -0.1) is 0 Å². The van der Waals surface area contributed by atoms with Crippen LogP contribution in [0.15, 0.2) is 215 Å². The molecule has 0 saturated heterocycles. The Hall–Kier alpha value is -9.18. The highest BCUT2D eigenvalue weighted by Gasteiger charge is 2.44. The second-order valence-corrected chi connectivity index (χ2v) is 24.9. The fraction of sp³-hybridized carbons (Fsp3) is 0.154. The van der Waals surface area contributed by atoms with Crippen LogP contribution in [0.1, 0.15) is 91.6 Å². The maximum atomic E-state index is 7.02. The van der Waals surface area contributed by atoms with Crippen LogP contribution < -0.4 is 4.90 Å². The van der Waals surface area contributed by atoms with Gasteiger partial charge in [0, 0.05) is 65.9 Å². The van der Waals surface area contributed by atoms with Crippen molar-refractivity contribution >= 4 is 60.9 Å². The van der Waals surface area contributed by atoms with E-state index in [1.54, 1.807) is 0 Å². The lowest BCUT2D eigenvalue weighted by Gasteiger charge is -2.33. The normalized spacial score (nSPS) is 14.8. The van der Waals surface area contributed by atoms with Gasteiger partial charge in [0.2, 0.25) is 0 Å². The van der Waals surface area contributed by atoms with Gasteiger partial charge in [0.25, 0.3) is 0 Å². The Morgan fingerprint density at radius 3 is 1.47 bits per heavy atom. The highest BCUT2D eigenvalue weighted by Crippen LogP contribution is 2.61. The third-order valence-electron chi connectivity index (χ3n) is 19.1. The Morgan fingerprint density at radius 2 is 0.815 bits per heavy atom. The molecule has 3 heteroatoms. The molecule has 0 spiro atoms. The molecule has 0 fully saturated rings. The summed E-state index contributed by atoms with van der Waals surface area (Å²) >= 11 is 0. The predicted molar refractivity (Wildman–Crippen MR) is 339 cm³/mol. The fourth-order valence-electron chi connectivity index (χ4n) is 15.3. The zero-order valence-corrected chi connectivity index (χ0v) is 47.4. The van der Waals surface area contributed by atoms with Crippen molar-refractivity contribution in [2.75, 3.05) is 4.90 Å². The summed E-state index contributed by atoms with van der Waals surface area (Å²) in [6, 6.07) is 77.2. The van der Waals surface area contributed by atoms with Crippen molar-refractivity contribution in [3.63, 3.8) is 0 Å². The monoisotopic (exact) mass is 1040 g/mol. The number of aryl methyl sites for hydroxylation is 3. The first-order chi connectivity index (χ1) is 39.2. The Bertz CT molecular complexity index is 4790. The number of benzene rings is 11. The van der Waals surface area contributed by atoms with E-state index in [1.165, 1.54) is 127 Å². The topological polar surface area (TPSA) is 29.5 Å². The third kappa shape index (κ3) is 6.58. The molecular weight excluding hydrogens is 983 g/mol. The summed E-state index contributed by atoms with van der Waals surface area (Å²) in [5.74, 6) is 0. The largest absolute Gasteiger partial charge is 0.456 e. The Kier molecular flexibility index (Phi) is 9.85. The summed E-state index contributed by atoms with van der Waals surface area (Å²) in [4.78, 5) is 2.58. The first-order valence-electron chi connectivity index (χ1n) is 28.7. The maximum Gasteiger partial charge on any atom is 0.143 e. The van der Waals surface area contributed by atoms with Gasteiger partial charge in [-0.05, 0) is 176 Å². The van der Waals surface area contributed by atoms with Gasteiger partial charge >= 0.3 is 0 Å². The highest BCUT2D eigenvalue weighted by molar-refractivity contribution is 6.19. The minimum absolute atomic E-state index is 0.206. The summed E-state index contributed by atoms with van der Waals surface area (Å²) in [7, 11) is 0. The number of anilines is 3. The van der Waals surface area contributed by atoms with Crippen LogP contribution in [0.5, 0.6) is 0 Å². The second kappa shape index (κ2) is 16.7. The van der Waals surface area contributed by atoms with Crippen molar-refractivity contribution in [2.45, 2.75) is 78.6 Å². The van der Waals surface area contributed by atoms with Crippen LogP contribution in [-0.2, 0) is 16.2 Å². The smallest absolute Gasteiger partial charge is 0.143 e. The van der Waals surface area contributed by atoms with E-state index in [-0.39, 0.29) is 16.2 Å². The van der Waals surface area contributed by atoms with E-state index in [4.69, 9.17) is 8.83 Å². The van der Waals surface area contributed by atoms with E-state index in [0.717, 1.165) is 50.3 Å². The maximum absolute atomic E-state index is 7.02. The van der Waals surface area contributed by atoms with Crippen LogP contribution >= 0.6 is 0 Å². The first kappa shape index (κ1) is 47.8. The van der Waals surface area contributed by atoms with Gasteiger partial charge in [-0.3, -0.25) is 0 Å². The Labute approximate surface area is 473 Å². The summed E-state index contributed by atoms with van der Waals surface area (Å²) in [6.45, 7) is 21.2. The van der Waals surface area contributed by atoms with Gasteiger partial charge in [-0.2, -0.15) is 0 Å². The zero-order valence-electron chi connectivity index (χ0n) is 47.4. The van der Waals surface area contributed by atoms with Crippen molar-refractivity contribution in [3.05, 3.63) is 256 Å². The molecule has 0 N–H and O–H groups in total. The molecule has 0 atom stereocenters. The van der Waals surface area contributed by atoms with E-state index < -0.39 is 0 Å². The average molecular weight is 1040 g/mol. The fourth-order valence-corrected chi connectivity index (χ4v) is 15.3. The molecule has 0 unspecified atom stereocenters. The number of furan rings is 2. The summed E-state index contributed by atoms with van der Waals surface area (Å²) in [5.41, 5.74) is 32.8. The zero-order chi connectivity index (χ0) is 55.0. The highest BCUT2D eigenvalue weighted by atomic mass is 16.3. The van der Waals surface area contributed by atoms with Gasteiger partial charge < -0.3 is 13.7 Å². The predicted octanol–water partition coefficient (Wildman–Crippen LogP) is 21.8. The van der Waals surface area contributed by atoms with Crippen LogP contribution in [0.25, 0.3) is 111 Å². The number of para-hydroxylation sites is 3. The molecule has 0 saturated carbocycles. The number of hydrogen-bond donors (Lipinski definition) is 0. The minimum Gasteiger partial charge on any atom is -0.456 e. The van der Waals surface area contributed by atoms with Crippen molar-refractivity contribution in [1.82, 2.24) is 0 Å². The van der Waals surface area contributed by atoms with Crippen LogP contribution in [0.2, 0.25) is 0 Å². The Balaban J connectivity index is 0.928. The molecule has 3 nitrogen and oxygen atoms in total. The van der Waals surface area contributed by atoms with Gasteiger partial charge in [0.15, 0.2) is 0 Å². The molecule has 3 aliphatic carbocycles. The third-order valence-corrected chi connectivity index (χ3v) is 19.1. The number of fused-ring (bicyclic) bond motifs is 17. The minimum atomic E-state index is -0.371. The van der Waals surface area contributed by atoms with Crippen molar-refractivity contribution < 1.29 is 8.83 Å². The molecule has 2 aromatic heterocycles. The van der Waals surface area contributed by atoms with Crippen LogP contribution in [0, 0.1) is 20.8 Å². The number of rotatable bonds is 6. The van der Waals surface area contributed by atoms with Gasteiger partial charge in [-0.25, -0.2) is 0 Å². The van der Waals surface area contributed by atoms with E-state index in [0.29, 0.717) is 0 Å². The second-order valence-electron chi connectivity index (χ2n) is 24.9. The van der Waals surface area contributed by atoms with E-state index in [1.807, 2.05) is 0 Å². The first-order valence-corrected chi connectivity index (χ1v) is 28.7. The molecule has 11 aromatic carbocycles. The van der Waals surface area contributed by atoms with Crippen LogP contribution in [0.4, 0.5) is 17.1 Å². The van der Waals surface area contributed by atoms with Crippen molar-refractivity contribution in [2.24, 2.45) is 0 Å². The lowest BCUT2D eigenvalue weighted by atomic mass is 9.79. The molecule has 2 heterocycles. The quantitative estimate of drug-likeness (QED) is 0.166. The molecular formula is C78H61NO2. The molecule has 81 heavy (non-hydrogen) atoms. The van der Waals surface area contributed by atoms with Crippen molar-refractivity contribution in [1.29, 1.82) is 0 Å². The van der Waals surface area contributed by atoms with E-state index in [9.17, 15) is 0 Å². The van der Waals surface area contributed by atoms with Gasteiger partial charge in [0.1, 0.15) is 22.3 Å². The summed E-state index contributed by atoms with van der Waals surface area (Å²) in [5, 5.41) is 4.73. The average Bonchev–Trinajstić information content (AvgIpc) is 3.19. The lowest BCUT2D eigenvalue weighted by molar-refractivity contribution is 0.651. The van der Waals surface area contributed by atoms with Gasteiger partial charge in [0.05, 0.1) is 5.69 Å². The summed E-state index contributed by atoms with van der Waals surface area (Å²) in [6.07, 6.45) is 0. The van der Waals surface area contributed by atoms with Crippen LogP contribution in [-0.4, -0.2) is 0 Å². The van der Waals surface area contributed by atoms with Gasteiger partial charge in [-0.1, -0.05) is 193 Å².